The summed E-state index contributed by atoms with van der Waals surface area (Å²) in [5.74, 6) is 0.515. The van der Waals surface area contributed by atoms with Gasteiger partial charge in [0.1, 0.15) is 0 Å². The number of rotatable bonds is 2. The first kappa shape index (κ1) is 10.3. The zero-order valence-corrected chi connectivity index (χ0v) is 9.72. The molecule has 0 saturated heterocycles. The molecule has 0 aliphatic heterocycles. The minimum Gasteiger partial charge on any atom is -0.296 e. The van der Waals surface area contributed by atoms with Crippen molar-refractivity contribution in [2.24, 2.45) is 13.0 Å². The Bertz CT molecular complexity index is 693. The van der Waals surface area contributed by atoms with Crippen molar-refractivity contribution in [3.63, 3.8) is 0 Å². The van der Waals surface area contributed by atoms with Gasteiger partial charge in [-0.05, 0) is 30.9 Å². The van der Waals surface area contributed by atoms with Crippen LogP contribution in [0.3, 0.4) is 0 Å². The van der Waals surface area contributed by atoms with Crippen molar-refractivity contribution in [3.8, 4) is 0 Å². The molecule has 88 valence electrons. The fourth-order valence-electron chi connectivity index (χ4n) is 2.18. The molecule has 3 rings (SSSR count). The lowest BCUT2D eigenvalue weighted by molar-refractivity contribution is 0.560. The summed E-state index contributed by atoms with van der Waals surface area (Å²) in [7, 11) is 1.72. The van der Waals surface area contributed by atoms with Gasteiger partial charge in [0, 0.05) is 13.6 Å². The van der Waals surface area contributed by atoms with Gasteiger partial charge in [-0.25, -0.2) is 4.79 Å². The van der Waals surface area contributed by atoms with E-state index < -0.39 is 0 Å². The van der Waals surface area contributed by atoms with Crippen LogP contribution in [-0.4, -0.2) is 9.13 Å². The molecule has 1 aromatic heterocycles. The Morgan fingerprint density at radius 3 is 2.65 bits per heavy atom. The lowest BCUT2D eigenvalue weighted by Crippen LogP contribution is -2.39. The summed E-state index contributed by atoms with van der Waals surface area (Å²) in [6.45, 7) is 0.566. The van der Waals surface area contributed by atoms with E-state index in [1.165, 1.54) is 4.57 Å². The van der Waals surface area contributed by atoms with E-state index in [9.17, 15) is 9.59 Å². The Labute approximate surface area is 98.1 Å². The van der Waals surface area contributed by atoms with Crippen molar-refractivity contribution in [1.82, 2.24) is 9.13 Å². The van der Waals surface area contributed by atoms with Crippen molar-refractivity contribution in [1.29, 1.82) is 0 Å². The fraction of sp³-hybridized carbons (Fsp3) is 0.385. The minimum absolute atomic E-state index is 0.157. The van der Waals surface area contributed by atoms with Gasteiger partial charge in [0.2, 0.25) is 0 Å². The van der Waals surface area contributed by atoms with E-state index in [4.69, 9.17) is 0 Å². The van der Waals surface area contributed by atoms with E-state index in [0.717, 1.165) is 12.8 Å². The first-order valence-electron chi connectivity index (χ1n) is 5.87. The second-order valence-electron chi connectivity index (χ2n) is 4.72. The minimum atomic E-state index is -0.208. The van der Waals surface area contributed by atoms with Gasteiger partial charge in [0.15, 0.2) is 0 Å². The van der Waals surface area contributed by atoms with Crippen LogP contribution >= 0.6 is 0 Å². The highest BCUT2D eigenvalue weighted by atomic mass is 16.2. The third-order valence-electron chi connectivity index (χ3n) is 3.40. The summed E-state index contributed by atoms with van der Waals surface area (Å²) < 4.78 is 2.93. The average Bonchev–Trinajstić information content (AvgIpc) is 3.16. The van der Waals surface area contributed by atoms with Crippen molar-refractivity contribution in [2.45, 2.75) is 19.4 Å². The average molecular weight is 230 g/mol. The smallest absolute Gasteiger partial charge is 0.296 e. The Kier molecular flexibility index (Phi) is 2.18. The third-order valence-corrected chi connectivity index (χ3v) is 3.40. The van der Waals surface area contributed by atoms with E-state index in [1.54, 1.807) is 23.7 Å². The van der Waals surface area contributed by atoms with Crippen LogP contribution in [0.15, 0.2) is 33.9 Å². The largest absolute Gasteiger partial charge is 0.331 e. The number of nitrogens with zero attached hydrogens (tertiary/aromatic N) is 2. The van der Waals surface area contributed by atoms with Crippen LogP contribution in [0.2, 0.25) is 0 Å². The molecular formula is C13H14N2O2. The number of hydrogen-bond acceptors (Lipinski definition) is 2. The number of para-hydroxylation sites is 1. The van der Waals surface area contributed by atoms with Crippen LogP contribution in [0.4, 0.5) is 0 Å². The summed E-state index contributed by atoms with van der Waals surface area (Å²) in [6, 6.07) is 7.25. The van der Waals surface area contributed by atoms with Gasteiger partial charge in [-0.2, -0.15) is 0 Å². The monoisotopic (exact) mass is 230 g/mol. The Morgan fingerprint density at radius 1 is 1.24 bits per heavy atom. The first-order chi connectivity index (χ1) is 8.18. The number of benzene rings is 1. The molecule has 0 spiro atoms. The molecule has 17 heavy (non-hydrogen) atoms. The van der Waals surface area contributed by atoms with E-state index in [2.05, 4.69) is 0 Å². The SMILES string of the molecule is Cn1c(=O)n(CC2CC2)c(=O)c2ccccc21. The van der Waals surface area contributed by atoms with E-state index >= 15 is 0 Å². The van der Waals surface area contributed by atoms with Crippen molar-refractivity contribution >= 4 is 10.9 Å². The molecule has 0 bridgehead atoms. The molecule has 0 radical (unpaired) electrons. The van der Waals surface area contributed by atoms with Crippen LogP contribution in [0.1, 0.15) is 12.8 Å². The third kappa shape index (κ3) is 1.60. The summed E-state index contributed by atoms with van der Waals surface area (Å²) in [6.07, 6.45) is 2.25. The second kappa shape index (κ2) is 3.58. The number of aromatic nitrogens is 2. The van der Waals surface area contributed by atoms with Crippen molar-refractivity contribution in [2.75, 3.05) is 0 Å². The molecule has 0 unspecified atom stereocenters. The van der Waals surface area contributed by atoms with E-state index in [-0.39, 0.29) is 11.2 Å². The molecule has 1 heterocycles. The van der Waals surface area contributed by atoms with Crippen LogP contribution in [0.25, 0.3) is 10.9 Å². The molecule has 1 aliphatic rings. The maximum atomic E-state index is 12.2. The van der Waals surface area contributed by atoms with Crippen molar-refractivity contribution < 1.29 is 0 Å². The Morgan fingerprint density at radius 2 is 1.94 bits per heavy atom. The highest BCUT2D eigenvalue weighted by molar-refractivity contribution is 5.77. The number of aryl methyl sites for hydroxylation is 1. The highest BCUT2D eigenvalue weighted by Gasteiger charge is 2.24. The molecule has 0 atom stereocenters. The van der Waals surface area contributed by atoms with E-state index in [0.29, 0.717) is 23.4 Å². The van der Waals surface area contributed by atoms with Crippen LogP contribution in [-0.2, 0) is 13.6 Å². The molecule has 1 aromatic carbocycles. The standard InChI is InChI=1S/C13H14N2O2/c1-14-11-5-3-2-4-10(11)12(16)15(13(14)17)8-9-6-7-9/h2-5,9H,6-8H2,1H3. The zero-order valence-electron chi connectivity index (χ0n) is 9.72. The van der Waals surface area contributed by atoms with Gasteiger partial charge in [0.05, 0.1) is 10.9 Å². The summed E-state index contributed by atoms with van der Waals surface area (Å²) in [4.78, 5) is 24.3. The van der Waals surface area contributed by atoms with Gasteiger partial charge in [-0.15, -0.1) is 0 Å². The van der Waals surface area contributed by atoms with Gasteiger partial charge in [0.25, 0.3) is 5.56 Å². The van der Waals surface area contributed by atoms with Gasteiger partial charge >= 0.3 is 5.69 Å². The van der Waals surface area contributed by atoms with E-state index in [1.807, 2.05) is 12.1 Å². The lowest BCUT2D eigenvalue weighted by atomic mass is 10.2. The molecular weight excluding hydrogens is 216 g/mol. The fourth-order valence-corrected chi connectivity index (χ4v) is 2.18. The van der Waals surface area contributed by atoms with Crippen LogP contribution in [0.5, 0.6) is 0 Å². The predicted molar refractivity (Wildman–Crippen MR) is 66.2 cm³/mol. The number of hydrogen-bond donors (Lipinski definition) is 0. The predicted octanol–water partition coefficient (Wildman–Crippen LogP) is 1.11. The van der Waals surface area contributed by atoms with Gasteiger partial charge in [-0.3, -0.25) is 13.9 Å². The lowest BCUT2D eigenvalue weighted by Gasteiger charge is -2.09. The normalized spacial score (nSPS) is 15.4. The quantitative estimate of drug-likeness (QED) is 0.775. The Balaban J connectivity index is 2.35. The summed E-state index contributed by atoms with van der Waals surface area (Å²) >= 11 is 0. The van der Waals surface area contributed by atoms with Gasteiger partial charge in [-0.1, -0.05) is 12.1 Å². The Hall–Kier alpha value is -1.84. The maximum absolute atomic E-state index is 12.2. The molecule has 0 N–H and O–H groups in total. The molecule has 0 amide bonds. The molecule has 1 aliphatic carbocycles. The molecule has 4 nitrogen and oxygen atoms in total. The summed E-state index contributed by atoms with van der Waals surface area (Å²) in [5.41, 5.74) is 0.339. The maximum Gasteiger partial charge on any atom is 0.331 e. The molecule has 1 saturated carbocycles. The van der Waals surface area contributed by atoms with Crippen LogP contribution < -0.4 is 11.2 Å². The second-order valence-corrected chi connectivity index (χ2v) is 4.72. The number of fused-ring (bicyclic) bond motifs is 1. The zero-order chi connectivity index (χ0) is 12.0. The van der Waals surface area contributed by atoms with Gasteiger partial charge < -0.3 is 0 Å². The van der Waals surface area contributed by atoms with Crippen LogP contribution in [0, 0.1) is 5.92 Å². The topological polar surface area (TPSA) is 44.0 Å². The highest BCUT2D eigenvalue weighted by Crippen LogP contribution is 2.29. The van der Waals surface area contributed by atoms with Crippen molar-refractivity contribution in [3.05, 3.63) is 45.1 Å². The summed E-state index contributed by atoms with van der Waals surface area (Å²) in [5, 5.41) is 0.621. The molecule has 4 heteroatoms. The molecule has 2 aromatic rings. The first-order valence-corrected chi connectivity index (χ1v) is 5.87. The molecule has 1 fully saturated rings.